The number of aromatic nitrogens is 3. The summed E-state index contributed by atoms with van der Waals surface area (Å²) < 4.78 is 44.6. The summed E-state index contributed by atoms with van der Waals surface area (Å²) in [4.78, 5) is 16.9. The first kappa shape index (κ1) is 16.1. The van der Waals surface area contributed by atoms with Gasteiger partial charge in [-0.25, -0.2) is 14.3 Å². The molecule has 2 rings (SSSR count). The standard InChI is InChI=1S/C13H15F3N4O2/c1-12(2,3)22-11(21)19(4)8-5-6-9(13(14,15)16)20-10(8)17-7-18-20/h5-7H,1-4H3. The summed E-state index contributed by atoms with van der Waals surface area (Å²) in [6.07, 6.45) is -4.27. The van der Waals surface area contributed by atoms with E-state index >= 15 is 0 Å². The largest absolute Gasteiger partial charge is 0.443 e. The van der Waals surface area contributed by atoms with Gasteiger partial charge in [0.25, 0.3) is 0 Å². The number of pyridine rings is 1. The number of halogens is 3. The molecule has 0 radical (unpaired) electrons. The molecular formula is C13H15F3N4O2. The number of fused-ring (bicyclic) bond motifs is 1. The maximum Gasteiger partial charge on any atom is 0.433 e. The minimum Gasteiger partial charge on any atom is -0.443 e. The van der Waals surface area contributed by atoms with Gasteiger partial charge in [0, 0.05) is 7.05 Å². The monoisotopic (exact) mass is 316 g/mol. The average Bonchev–Trinajstić information content (AvgIpc) is 2.82. The molecule has 0 aliphatic rings. The number of amides is 1. The second-order valence-electron chi connectivity index (χ2n) is 5.64. The molecule has 2 aromatic heterocycles. The second-order valence-corrected chi connectivity index (χ2v) is 5.64. The topological polar surface area (TPSA) is 59.7 Å². The van der Waals surface area contributed by atoms with E-state index in [0.717, 1.165) is 23.4 Å². The van der Waals surface area contributed by atoms with Crippen LogP contribution in [0.4, 0.5) is 23.7 Å². The van der Waals surface area contributed by atoms with Crippen molar-refractivity contribution in [3.63, 3.8) is 0 Å². The number of anilines is 1. The van der Waals surface area contributed by atoms with Crippen LogP contribution in [-0.2, 0) is 10.9 Å². The lowest BCUT2D eigenvalue weighted by molar-refractivity contribution is -0.142. The number of hydrogen-bond acceptors (Lipinski definition) is 4. The number of hydrogen-bond donors (Lipinski definition) is 0. The highest BCUT2D eigenvalue weighted by molar-refractivity contribution is 5.91. The van der Waals surface area contributed by atoms with Crippen LogP contribution in [0.15, 0.2) is 18.5 Å². The molecule has 6 nitrogen and oxygen atoms in total. The van der Waals surface area contributed by atoms with E-state index in [1.807, 2.05) is 0 Å². The SMILES string of the molecule is CN(C(=O)OC(C)(C)C)c1ccc(C(F)(F)F)n2ncnc12. The lowest BCUT2D eigenvalue weighted by Gasteiger charge is -2.25. The smallest absolute Gasteiger partial charge is 0.433 e. The molecule has 1 amide bonds. The molecule has 0 saturated heterocycles. The Morgan fingerprint density at radius 3 is 2.45 bits per heavy atom. The molecule has 0 saturated carbocycles. The fourth-order valence-corrected chi connectivity index (χ4v) is 1.80. The van der Waals surface area contributed by atoms with E-state index in [-0.39, 0.29) is 11.3 Å². The molecule has 120 valence electrons. The second kappa shape index (κ2) is 5.15. The van der Waals surface area contributed by atoms with E-state index in [1.54, 1.807) is 20.8 Å². The Labute approximate surface area is 124 Å². The molecule has 0 aliphatic heterocycles. The minimum atomic E-state index is -4.57. The van der Waals surface area contributed by atoms with Crippen molar-refractivity contribution >= 4 is 17.4 Å². The predicted molar refractivity (Wildman–Crippen MR) is 72.6 cm³/mol. The first-order valence-electron chi connectivity index (χ1n) is 6.37. The number of rotatable bonds is 1. The van der Waals surface area contributed by atoms with Crippen LogP contribution < -0.4 is 4.90 Å². The molecule has 2 aromatic rings. The lowest BCUT2D eigenvalue weighted by atomic mass is 10.2. The van der Waals surface area contributed by atoms with E-state index in [9.17, 15) is 18.0 Å². The normalized spacial score (nSPS) is 12.5. The fraction of sp³-hybridized carbons (Fsp3) is 0.462. The van der Waals surface area contributed by atoms with Crippen molar-refractivity contribution in [2.24, 2.45) is 0 Å². The Morgan fingerprint density at radius 2 is 1.91 bits per heavy atom. The summed E-state index contributed by atoms with van der Waals surface area (Å²) in [7, 11) is 1.39. The number of carbonyl (C=O) groups excluding carboxylic acids is 1. The molecule has 0 bridgehead atoms. The third kappa shape index (κ3) is 3.12. The van der Waals surface area contributed by atoms with Crippen LogP contribution in [0.1, 0.15) is 26.5 Å². The van der Waals surface area contributed by atoms with Crippen LogP contribution >= 0.6 is 0 Å². The van der Waals surface area contributed by atoms with Crippen molar-refractivity contribution in [2.45, 2.75) is 32.5 Å². The highest BCUT2D eigenvalue weighted by atomic mass is 19.4. The maximum absolute atomic E-state index is 12.9. The van der Waals surface area contributed by atoms with Crippen LogP contribution in [0, 0.1) is 0 Å². The quantitative estimate of drug-likeness (QED) is 0.811. The van der Waals surface area contributed by atoms with E-state index in [2.05, 4.69) is 10.1 Å². The molecule has 0 unspecified atom stereocenters. The zero-order valence-corrected chi connectivity index (χ0v) is 12.5. The molecule has 22 heavy (non-hydrogen) atoms. The summed E-state index contributed by atoms with van der Waals surface area (Å²) >= 11 is 0. The predicted octanol–water partition coefficient (Wildman–Crippen LogP) is 3.12. The Bertz CT molecular complexity index is 703. The van der Waals surface area contributed by atoms with Gasteiger partial charge in [0.1, 0.15) is 17.6 Å². The van der Waals surface area contributed by atoms with Crippen LogP contribution in [0.5, 0.6) is 0 Å². The lowest BCUT2D eigenvalue weighted by Crippen LogP contribution is -2.34. The van der Waals surface area contributed by atoms with Crippen LogP contribution in [0.3, 0.4) is 0 Å². The summed E-state index contributed by atoms with van der Waals surface area (Å²) in [5.41, 5.74) is -1.61. The van der Waals surface area contributed by atoms with Crippen molar-refractivity contribution in [3.8, 4) is 0 Å². The number of ether oxygens (including phenoxy) is 1. The van der Waals surface area contributed by atoms with Crippen molar-refractivity contribution < 1.29 is 22.7 Å². The van der Waals surface area contributed by atoms with Crippen molar-refractivity contribution in [1.29, 1.82) is 0 Å². The number of carbonyl (C=O) groups is 1. The Kier molecular flexibility index (Phi) is 3.76. The molecule has 0 fully saturated rings. The van der Waals surface area contributed by atoms with E-state index < -0.39 is 23.6 Å². The molecule has 9 heteroatoms. The Balaban J connectivity index is 2.46. The van der Waals surface area contributed by atoms with Crippen molar-refractivity contribution in [3.05, 3.63) is 24.2 Å². The van der Waals surface area contributed by atoms with Gasteiger partial charge >= 0.3 is 12.3 Å². The average molecular weight is 316 g/mol. The van der Waals surface area contributed by atoms with Crippen molar-refractivity contribution in [2.75, 3.05) is 11.9 Å². The first-order chi connectivity index (χ1) is 10.0. The molecule has 0 N–H and O–H groups in total. The number of alkyl halides is 3. The zero-order valence-electron chi connectivity index (χ0n) is 12.5. The Hall–Kier alpha value is -2.32. The van der Waals surface area contributed by atoms with Gasteiger partial charge in [-0.15, -0.1) is 0 Å². The summed E-state index contributed by atoms with van der Waals surface area (Å²) in [5, 5.41) is 3.57. The van der Waals surface area contributed by atoms with Crippen LogP contribution in [0.25, 0.3) is 5.65 Å². The van der Waals surface area contributed by atoms with Crippen LogP contribution in [-0.4, -0.2) is 33.3 Å². The van der Waals surface area contributed by atoms with Gasteiger partial charge in [0.2, 0.25) is 0 Å². The van der Waals surface area contributed by atoms with Gasteiger partial charge in [0.15, 0.2) is 5.65 Å². The molecule has 0 aliphatic carbocycles. The summed E-state index contributed by atoms with van der Waals surface area (Å²) in [6.45, 7) is 5.08. The highest BCUT2D eigenvalue weighted by Gasteiger charge is 2.35. The van der Waals surface area contributed by atoms with Gasteiger partial charge in [0.05, 0.1) is 5.69 Å². The molecule has 0 spiro atoms. The first-order valence-corrected chi connectivity index (χ1v) is 6.37. The fourth-order valence-electron chi connectivity index (χ4n) is 1.80. The Morgan fingerprint density at radius 1 is 1.27 bits per heavy atom. The number of nitrogens with zero attached hydrogens (tertiary/aromatic N) is 4. The van der Waals surface area contributed by atoms with Gasteiger partial charge in [-0.05, 0) is 32.9 Å². The minimum absolute atomic E-state index is 0.0804. The molecule has 0 aromatic carbocycles. The van der Waals surface area contributed by atoms with Crippen molar-refractivity contribution in [1.82, 2.24) is 14.6 Å². The highest BCUT2D eigenvalue weighted by Crippen LogP contribution is 2.32. The van der Waals surface area contributed by atoms with E-state index in [0.29, 0.717) is 4.52 Å². The van der Waals surface area contributed by atoms with Gasteiger partial charge in [-0.3, -0.25) is 4.90 Å². The summed E-state index contributed by atoms with van der Waals surface area (Å²) in [5.74, 6) is 0. The maximum atomic E-state index is 12.9. The van der Waals surface area contributed by atoms with Gasteiger partial charge < -0.3 is 4.74 Å². The zero-order chi connectivity index (χ0) is 16.7. The molecule has 0 atom stereocenters. The van der Waals surface area contributed by atoms with E-state index in [1.165, 1.54) is 7.05 Å². The third-order valence-electron chi connectivity index (χ3n) is 2.72. The molecule has 2 heterocycles. The third-order valence-corrected chi connectivity index (χ3v) is 2.72. The molecular weight excluding hydrogens is 301 g/mol. The summed E-state index contributed by atoms with van der Waals surface area (Å²) in [6, 6.07) is 2.01. The van der Waals surface area contributed by atoms with Gasteiger partial charge in [-0.2, -0.15) is 18.3 Å². The van der Waals surface area contributed by atoms with E-state index in [4.69, 9.17) is 4.74 Å². The van der Waals surface area contributed by atoms with Crippen LogP contribution in [0.2, 0.25) is 0 Å². The van der Waals surface area contributed by atoms with Gasteiger partial charge in [-0.1, -0.05) is 0 Å².